The number of rotatable bonds is 5. The molecule has 0 saturated carbocycles. The first-order chi connectivity index (χ1) is 15.4. The van der Waals surface area contributed by atoms with Crippen LogP contribution in [0.4, 0.5) is 5.69 Å². The normalized spacial score (nSPS) is 15.1. The molecule has 1 fully saturated rings. The SMILES string of the molecule is Cc1ccc(N2C(=O)/C(=C/c3ccc(OCc4ccc(I)cc4)cc3)C(=O)NC2=S)cc1. The van der Waals surface area contributed by atoms with Gasteiger partial charge in [-0.2, -0.15) is 0 Å². The number of aryl methyl sites for hydroxylation is 1. The molecule has 0 aromatic heterocycles. The number of halogens is 1. The van der Waals surface area contributed by atoms with E-state index in [9.17, 15) is 9.59 Å². The van der Waals surface area contributed by atoms with E-state index in [0.29, 0.717) is 23.6 Å². The summed E-state index contributed by atoms with van der Waals surface area (Å²) in [6.07, 6.45) is 1.56. The molecule has 4 rings (SSSR count). The van der Waals surface area contributed by atoms with Gasteiger partial charge in [0.15, 0.2) is 5.11 Å². The molecule has 7 heteroatoms. The first-order valence-electron chi connectivity index (χ1n) is 9.86. The summed E-state index contributed by atoms with van der Waals surface area (Å²) < 4.78 is 7.00. The zero-order valence-corrected chi connectivity index (χ0v) is 20.1. The Bertz CT molecular complexity index is 1200. The van der Waals surface area contributed by atoms with Gasteiger partial charge in [0.05, 0.1) is 5.69 Å². The topological polar surface area (TPSA) is 58.6 Å². The highest BCUT2D eigenvalue weighted by Gasteiger charge is 2.34. The van der Waals surface area contributed by atoms with Gasteiger partial charge >= 0.3 is 0 Å². The van der Waals surface area contributed by atoms with Gasteiger partial charge in [-0.3, -0.25) is 19.8 Å². The smallest absolute Gasteiger partial charge is 0.270 e. The molecule has 1 heterocycles. The Kier molecular flexibility index (Phi) is 6.66. The highest BCUT2D eigenvalue weighted by Crippen LogP contribution is 2.23. The molecule has 1 aliphatic rings. The van der Waals surface area contributed by atoms with Crippen LogP contribution in [0.2, 0.25) is 0 Å². The lowest BCUT2D eigenvalue weighted by Crippen LogP contribution is -2.54. The zero-order valence-electron chi connectivity index (χ0n) is 17.2. The Morgan fingerprint density at radius 2 is 1.62 bits per heavy atom. The number of anilines is 1. The predicted octanol–water partition coefficient (Wildman–Crippen LogP) is 5.01. The minimum absolute atomic E-state index is 0.0201. The molecule has 0 bridgehead atoms. The van der Waals surface area contributed by atoms with Crippen LogP contribution in [0.15, 0.2) is 78.4 Å². The minimum Gasteiger partial charge on any atom is -0.489 e. The second kappa shape index (κ2) is 9.62. The highest BCUT2D eigenvalue weighted by molar-refractivity contribution is 14.1. The lowest BCUT2D eigenvalue weighted by molar-refractivity contribution is -0.122. The highest BCUT2D eigenvalue weighted by atomic mass is 127. The van der Waals surface area contributed by atoms with E-state index in [-0.39, 0.29) is 10.7 Å². The average Bonchev–Trinajstić information content (AvgIpc) is 2.78. The standard InChI is InChI=1S/C25H19IN2O3S/c1-16-2-10-20(11-3-16)28-24(30)22(23(29)27-25(28)32)14-17-6-12-21(13-7-17)31-15-18-4-8-19(26)9-5-18/h2-14H,15H2,1H3,(H,27,29,32)/b22-14+. The summed E-state index contributed by atoms with van der Waals surface area (Å²) in [4.78, 5) is 26.9. The van der Waals surface area contributed by atoms with Crippen LogP contribution in [0, 0.1) is 10.5 Å². The van der Waals surface area contributed by atoms with Crippen LogP contribution in [0.1, 0.15) is 16.7 Å². The fourth-order valence-electron chi connectivity index (χ4n) is 3.16. The van der Waals surface area contributed by atoms with Crippen molar-refractivity contribution in [3.63, 3.8) is 0 Å². The summed E-state index contributed by atoms with van der Waals surface area (Å²) in [5.41, 5.74) is 3.48. The molecule has 1 saturated heterocycles. The predicted molar refractivity (Wildman–Crippen MR) is 137 cm³/mol. The average molecular weight is 554 g/mol. The maximum Gasteiger partial charge on any atom is 0.270 e. The number of hydrogen-bond donors (Lipinski definition) is 1. The van der Waals surface area contributed by atoms with Gasteiger partial charge in [0.1, 0.15) is 17.9 Å². The van der Waals surface area contributed by atoms with E-state index in [0.717, 1.165) is 11.1 Å². The quantitative estimate of drug-likeness (QED) is 0.209. The molecule has 0 radical (unpaired) electrons. The number of carbonyl (C=O) groups excluding carboxylic acids is 2. The van der Waals surface area contributed by atoms with Gasteiger partial charge in [-0.25, -0.2) is 0 Å². The van der Waals surface area contributed by atoms with Gasteiger partial charge in [0, 0.05) is 3.57 Å². The third kappa shape index (κ3) is 5.05. The van der Waals surface area contributed by atoms with E-state index < -0.39 is 11.8 Å². The van der Waals surface area contributed by atoms with Crippen LogP contribution in [0.3, 0.4) is 0 Å². The summed E-state index contributed by atoms with van der Waals surface area (Å²) >= 11 is 7.50. The van der Waals surface area contributed by atoms with E-state index in [1.54, 1.807) is 30.3 Å². The second-order valence-electron chi connectivity index (χ2n) is 7.28. The Morgan fingerprint density at radius 1 is 0.969 bits per heavy atom. The number of hydrogen-bond acceptors (Lipinski definition) is 4. The van der Waals surface area contributed by atoms with Crippen molar-refractivity contribution >= 4 is 63.5 Å². The minimum atomic E-state index is -0.512. The third-order valence-corrected chi connectivity index (χ3v) is 5.91. The van der Waals surface area contributed by atoms with Crippen molar-refractivity contribution in [2.24, 2.45) is 0 Å². The monoisotopic (exact) mass is 554 g/mol. The van der Waals surface area contributed by atoms with Crippen molar-refractivity contribution < 1.29 is 14.3 Å². The van der Waals surface area contributed by atoms with Gasteiger partial charge < -0.3 is 4.74 Å². The molecule has 0 unspecified atom stereocenters. The molecule has 1 aliphatic heterocycles. The molecule has 160 valence electrons. The molecule has 1 N–H and O–H groups in total. The summed E-state index contributed by atoms with van der Waals surface area (Å²) in [5.74, 6) is -0.267. The molecule has 3 aromatic rings. The molecule has 32 heavy (non-hydrogen) atoms. The Hall–Kier alpha value is -3.04. The molecule has 0 aliphatic carbocycles. The molecule has 2 amide bonds. The van der Waals surface area contributed by atoms with Gasteiger partial charge in [-0.1, -0.05) is 42.0 Å². The van der Waals surface area contributed by atoms with Crippen LogP contribution in [0.5, 0.6) is 5.75 Å². The first kappa shape index (κ1) is 22.2. The van der Waals surface area contributed by atoms with Crippen LogP contribution >= 0.6 is 34.8 Å². The number of carbonyl (C=O) groups is 2. The maximum atomic E-state index is 13.1. The molecular formula is C25H19IN2O3S. The van der Waals surface area contributed by atoms with Crippen molar-refractivity contribution in [3.8, 4) is 5.75 Å². The second-order valence-corrected chi connectivity index (χ2v) is 8.91. The summed E-state index contributed by atoms with van der Waals surface area (Å²) in [7, 11) is 0. The van der Waals surface area contributed by atoms with Crippen LogP contribution in [-0.4, -0.2) is 16.9 Å². The summed E-state index contributed by atoms with van der Waals surface area (Å²) in [6, 6.07) is 22.7. The summed E-state index contributed by atoms with van der Waals surface area (Å²) in [5, 5.41) is 2.67. The van der Waals surface area contributed by atoms with Gasteiger partial charge in [-0.05, 0) is 95.3 Å². The fourth-order valence-corrected chi connectivity index (χ4v) is 3.80. The third-order valence-electron chi connectivity index (χ3n) is 4.90. The van der Waals surface area contributed by atoms with E-state index in [1.165, 1.54) is 8.47 Å². The van der Waals surface area contributed by atoms with Crippen molar-refractivity contribution in [3.05, 3.63) is 98.6 Å². The van der Waals surface area contributed by atoms with Crippen molar-refractivity contribution in [1.82, 2.24) is 5.32 Å². The van der Waals surface area contributed by atoms with Crippen LogP contribution in [-0.2, 0) is 16.2 Å². The number of thiocarbonyl (C=S) groups is 1. The number of benzene rings is 3. The largest absolute Gasteiger partial charge is 0.489 e. The molecule has 5 nitrogen and oxygen atoms in total. The number of amides is 2. The van der Waals surface area contributed by atoms with Crippen molar-refractivity contribution in [2.45, 2.75) is 13.5 Å². The lowest BCUT2D eigenvalue weighted by Gasteiger charge is -2.29. The number of nitrogens with zero attached hydrogens (tertiary/aromatic N) is 1. The van der Waals surface area contributed by atoms with E-state index >= 15 is 0 Å². The first-order valence-corrected chi connectivity index (χ1v) is 11.3. The van der Waals surface area contributed by atoms with Crippen molar-refractivity contribution in [1.29, 1.82) is 0 Å². The van der Waals surface area contributed by atoms with Gasteiger partial charge in [0.2, 0.25) is 0 Å². The lowest BCUT2D eigenvalue weighted by atomic mass is 10.1. The fraction of sp³-hybridized carbons (Fsp3) is 0.0800. The van der Waals surface area contributed by atoms with Crippen LogP contribution in [0.25, 0.3) is 6.08 Å². The van der Waals surface area contributed by atoms with Crippen LogP contribution < -0.4 is 15.0 Å². The Labute approximate surface area is 205 Å². The molecule has 0 atom stereocenters. The van der Waals surface area contributed by atoms with E-state index in [4.69, 9.17) is 17.0 Å². The molecule has 0 spiro atoms. The van der Waals surface area contributed by atoms with Gasteiger partial charge in [-0.15, -0.1) is 0 Å². The van der Waals surface area contributed by atoms with Crippen molar-refractivity contribution in [2.75, 3.05) is 4.90 Å². The number of nitrogens with one attached hydrogen (secondary N) is 1. The van der Waals surface area contributed by atoms with Gasteiger partial charge in [0.25, 0.3) is 11.8 Å². The molecular weight excluding hydrogens is 535 g/mol. The summed E-state index contributed by atoms with van der Waals surface area (Å²) in [6.45, 7) is 2.42. The maximum absolute atomic E-state index is 13.1. The van der Waals surface area contributed by atoms with E-state index in [2.05, 4.69) is 27.9 Å². The zero-order chi connectivity index (χ0) is 22.7. The molecule has 3 aromatic carbocycles. The Morgan fingerprint density at radius 3 is 2.28 bits per heavy atom. The Balaban J connectivity index is 1.50. The van der Waals surface area contributed by atoms with E-state index in [1.807, 2.05) is 55.5 Å². The number of ether oxygens (including phenoxy) is 1.